The molecular weight excluding hydrogens is 242 g/mol. The Morgan fingerprint density at radius 3 is 2.58 bits per heavy atom. The maximum Gasteiger partial charge on any atom is 0.419 e. The molecule has 2 rings (SSSR count). The summed E-state index contributed by atoms with van der Waals surface area (Å²) < 4.78 is 6.91. The lowest BCUT2D eigenvalue weighted by Gasteiger charge is -2.20. The number of hydrogen-bond acceptors (Lipinski definition) is 4. The number of nitrogens with zero attached hydrogens (tertiary/aromatic N) is 3. The van der Waals surface area contributed by atoms with E-state index in [1.807, 2.05) is 51.9 Å². The van der Waals surface area contributed by atoms with Crippen molar-refractivity contribution in [2.24, 2.45) is 0 Å². The standard InChI is InChI=1S/C14H19N3O2/c1-14(2,3)19-13(18)17-9-7-10-6-8-15-12(11(10)17)16(4)5/h6-9H,1-5H3. The Hall–Kier alpha value is -2.04. The van der Waals surface area contributed by atoms with E-state index in [1.165, 1.54) is 4.57 Å². The molecule has 0 unspecified atom stereocenters. The summed E-state index contributed by atoms with van der Waals surface area (Å²) in [6.45, 7) is 5.55. The van der Waals surface area contributed by atoms with Crippen molar-refractivity contribution in [3.05, 3.63) is 24.5 Å². The largest absolute Gasteiger partial charge is 0.443 e. The molecule has 5 nitrogen and oxygen atoms in total. The second-order valence-corrected chi connectivity index (χ2v) is 5.63. The lowest BCUT2D eigenvalue weighted by atomic mass is 10.2. The van der Waals surface area contributed by atoms with Crippen LogP contribution in [0.5, 0.6) is 0 Å². The van der Waals surface area contributed by atoms with Crippen molar-refractivity contribution in [1.82, 2.24) is 9.55 Å². The molecular formula is C14H19N3O2. The van der Waals surface area contributed by atoms with Gasteiger partial charge in [0.1, 0.15) is 11.1 Å². The van der Waals surface area contributed by atoms with Gasteiger partial charge in [0.15, 0.2) is 5.82 Å². The zero-order valence-electron chi connectivity index (χ0n) is 12.0. The number of carbonyl (C=O) groups is 1. The van der Waals surface area contributed by atoms with Crippen LogP contribution in [0.25, 0.3) is 10.9 Å². The third-order valence-electron chi connectivity index (χ3n) is 2.59. The molecule has 0 aliphatic carbocycles. The molecule has 2 aromatic rings. The van der Waals surface area contributed by atoms with Crippen LogP contribution >= 0.6 is 0 Å². The van der Waals surface area contributed by atoms with Crippen molar-refractivity contribution in [1.29, 1.82) is 0 Å². The number of fused-ring (bicyclic) bond motifs is 1. The summed E-state index contributed by atoms with van der Waals surface area (Å²) in [6.07, 6.45) is 3.06. The van der Waals surface area contributed by atoms with Gasteiger partial charge in [-0.05, 0) is 32.9 Å². The van der Waals surface area contributed by atoms with Gasteiger partial charge in [-0.3, -0.25) is 0 Å². The number of carbonyl (C=O) groups excluding carboxylic acids is 1. The van der Waals surface area contributed by atoms with E-state index in [4.69, 9.17) is 4.74 Å². The first-order chi connectivity index (χ1) is 8.79. The molecule has 0 aliphatic heterocycles. The first-order valence-corrected chi connectivity index (χ1v) is 6.16. The third-order valence-corrected chi connectivity index (χ3v) is 2.59. The van der Waals surface area contributed by atoms with Crippen LogP contribution in [-0.4, -0.2) is 35.3 Å². The summed E-state index contributed by atoms with van der Waals surface area (Å²) in [5.74, 6) is 0.744. The van der Waals surface area contributed by atoms with Gasteiger partial charge in [-0.15, -0.1) is 0 Å². The molecule has 0 N–H and O–H groups in total. The minimum atomic E-state index is -0.520. The van der Waals surface area contributed by atoms with E-state index in [2.05, 4.69) is 4.98 Å². The number of hydrogen-bond donors (Lipinski definition) is 0. The van der Waals surface area contributed by atoms with Crippen molar-refractivity contribution in [3.63, 3.8) is 0 Å². The summed E-state index contributed by atoms with van der Waals surface area (Å²) >= 11 is 0. The summed E-state index contributed by atoms with van der Waals surface area (Å²) in [7, 11) is 3.79. The molecule has 0 fully saturated rings. The molecule has 0 saturated heterocycles. The van der Waals surface area contributed by atoms with Crippen LogP contribution in [0, 0.1) is 0 Å². The molecule has 0 saturated carbocycles. The molecule has 5 heteroatoms. The molecule has 0 atom stereocenters. The molecule has 0 amide bonds. The topological polar surface area (TPSA) is 47.4 Å². The molecule has 2 aromatic heterocycles. The monoisotopic (exact) mass is 261 g/mol. The van der Waals surface area contributed by atoms with Crippen molar-refractivity contribution in [2.75, 3.05) is 19.0 Å². The number of pyridine rings is 1. The summed E-state index contributed by atoms with van der Waals surface area (Å²) in [5, 5.41) is 0.963. The third kappa shape index (κ3) is 2.70. The van der Waals surface area contributed by atoms with Crippen LogP contribution in [0.15, 0.2) is 24.5 Å². The average Bonchev–Trinajstić information content (AvgIpc) is 2.69. The smallest absolute Gasteiger partial charge is 0.419 e. The number of ether oxygens (including phenoxy) is 1. The van der Waals surface area contributed by atoms with Crippen LogP contribution in [0.4, 0.5) is 10.6 Å². The SMILES string of the molecule is CN(C)c1nccc2ccn(C(=O)OC(C)(C)C)c12. The maximum absolute atomic E-state index is 12.2. The Labute approximate surface area is 112 Å². The Kier molecular flexibility index (Phi) is 3.22. The van der Waals surface area contributed by atoms with Gasteiger partial charge in [0.05, 0.1) is 0 Å². The fourth-order valence-corrected chi connectivity index (χ4v) is 1.86. The fourth-order valence-electron chi connectivity index (χ4n) is 1.86. The second-order valence-electron chi connectivity index (χ2n) is 5.63. The molecule has 0 aliphatic rings. The molecule has 0 radical (unpaired) electrons. The van der Waals surface area contributed by atoms with Gasteiger partial charge in [-0.1, -0.05) is 0 Å². The predicted molar refractivity (Wildman–Crippen MR) is 75.7 cm³/mol. The molecule has 19 heavy (non-hydrogen) atoms. The van der Waals surface area contributed by atoms with Gasteiger partial charge in [-0.25, -0.2) is 14.3 Å². The van der Waals surface area contributed by atoms with Gasteiger partial charge in [0, 0.05) is 31.9 Å². The Balaban J connectivity index is 2.53. The van der Waals surface area contributed by atoms with Gasteiger partial charge < -0.3 is 9.64 Å². The lowest BCUT2D eigenvalue weighted by Crippen LogP contribution is -2.27. The highest BCUT2D eigenvalue weighted by Crippen LogP contribution is 2.25. The van der Waals surface area contributed by atoms with Crippen molar-refractivity contribution in [2.45, 2.75) is 26.4 Å². The van der Waals surface area contributed by atoms with Crippen LogP contribution in [0.1, 0.15) is 20.8 Å². The minimum Gasteiger partial charge on any atom is -0.443 e. The van der Waals surface area contributed by atoms with Crippen LogP contribution in [-0.2, 0) is 4.74 Å². The Morgan fingerprint density at radius 2 is 2.00 bits per heavy atom. The molecule has 0 aromatic carbocycles. The van der Waals surface area contributed by atoms with Crippen LogP contribution < -0.4 is 4.90 Å². The highest BCUT2D eigenvalue weighted by atomic mass is 16.6. The van der Waals surface area contributed by atoms with Crippen molar-refractivity contribution < 1.29 is 9.53 Å². The van der Waals surface area contributed by atoms with Crippen LogP contribution in [0.3, 0.4) is 0 Å². The van der Waals surface area contributed by atoms with Gasteiger partial charge in [0.25, 0.3) is 0 Å². The summed E-state index contributed by atoms with van der Waals surface area (Å²) in [5.41, 5.74) is 0.246. The number of anilines is 1. The average molecular weight is 261 g/mol. The van der Waals surface area contributed by atoms with Crippen molar-refractivity contribution in [3.8, 4) is 0 Å². The van der Waals surface area contributed by atoms with E-state index in [0.717, 1.165) is 16.7 Å². The summed E-state index contributed by atoms with van der Waals surface area (Å²) in [4.78, 5) is 18.4. The zero-order chi connectivity index (χ0) is 14.2. The summed E-state index contributed by atoms with van der Waals surface area (Å²) in [6, 6.07) is 3.76. The first kappa shape index (κ1) is 13.4. The van der Waals surface area contributed by atoms with E-state index in [-0.39, 0.29) is 0 Å². The Morgan fingerprint density at radius 1 is 1.32 bits per heavy atom. The highest BCUT2D eigenvalue weighted by Gasteiger charge is 2.20. The van der Waals surface area contributed by atoms with Crippen LogP contribution in [0.2, 0.25) is 0 Å². The Bertz CT molecular complexity index is 609. The molecule has 0 bridgehead atoms. The molecule has 102 valence electrons. The van der Waals surface area contributed by atoms with E-state index < -0.39 is 11.7 Å². The second kappa shape index (κ2) is 4.57. The van der Waals surface area contributed by atoms with Gasteiger partial charge in [0.2, 0.25) is 0 Å². The van der Waals surface area contributed by atoms with Gasteiger partial charge in [-0.2, -0.15) is 0 Å². The number of rotatable bonds is 1. The fraction of sp³-hybridized carbons (Fsp3) is 0.429. The molecule has 0 spiro atoms. The maximum atomic E-state index is 12.2. The highest BCUT2D eigenvalue weighted by molar-refractivity contribution is 5.96. The van der Waals surface area contributed by atoms with Gasteiger partial charge >= 0.3 is 6.09 Å². The zero-order valence-corrected chi connectivity index (χ0v) is 12.0. The number of aromatic nitrogens is 2. The van der Waals surface area contributed by atoms with E-state index in [1.54, 1.807) is 12.4 Å². The van der Waals surface area contributed by atoms with E-state index in [9.17, 15) is 4.79 Å². The molecule has 2 heterocycles. The van der Waals surface area contributed by atoms with E-state index >= 15 is 0 Å². The lowest BCUT2D eigenvalue weighted by molar-refractivity contribution is 0.0544. The minimum absolute atomic E-state index is 0.390. The predicted octanol–water partition coefficient (Wildman–Crippen LogP) is 2.89. The normalized spacial score (nSPS) is 11.6. The van der Waals surface area contributed by atoms with E-state index in [0.29, 0.717) is 0 Å². The quantitative estimate of drug-likeness (QED) is 0.792. The van der Waals surface area contributed by atoms with Crippen molar-refractivity contribution >= 4 is 22.8 Å². The first-order valence-electron chi connectivity index (χ1n) is 6.16.